The van der Waals surface area contributed by atoms with E-state index in [-0.39, 0.29) is 0 Å². The van der Waals surface area contributed by atoms with Crippen molar-refractivity contribution in [3.63, 3.8) is 0 Å². The van der Waals surface area contributed by atoms with Gasteiger partial charge in [-0.05, 0) is 24.1 Å². The van der Waals surface area contributed by atoms with Crippen LogP contribution in [-0.4, -0.2) is 24.1 Å². The van der Waals surface area contributed by atoms with Crippen molar-refractivity contribution < 1.29 is 13.9 Å². The summed E-state index contributed by atoms with van der Waals surface area (Å²) in [4.78, 5) is 12.8. The van der Waals surface area contributed by atoms with Crippen LogP contribution >= 0.6 is 0 Å². The number of benzene rings is 1. The first-order chi connectivity index (χ1) is 10.2. The molecule has 1 heterocycles. The molecule has 5 nitrogen and oxygen atoms in total. The number of primary amides is 1. The number of nitrogens with two attached hydrogens (primary N) is 1. The molecule has 0 saturated heterocycles. The molecule has 0 fully saturated rings. The highest BCUT2D eigenvalue weighted by Crippen LogP contribution is 2.11. The monoisotopic (exact) mass is 288 g/mol. The molecule has 0 spiro atoms. The highest BCUT2D eigenvalue weighted by atomic mass is 16.5. The number of hydrogen-bond donors (Lipinski definition) is 1. The number of carbonyl (C=O) groups is 1. The van der Waals surface area contributed by atoms with E-state index in [1.807, 2.05) is 30.3 Å². The van der Waals surface area contributed by atoms with Crippen molar-refractivity contribution in [3.8, 4) is 0 Å². The van der Waals surface area contributed by atoms with E-state index in [2.05, 4.69) is 17.0 Å². The normalized spacial score (nSPS) is 10.7. The molecule has 0 aliphatic heterocycles. The summed E-state index contributed by atoms with van der Waals surface area (Å²) in [6, 6.07) is 14.1. The van der Waals surface area contributed by atoms with Crippen molar-refractivity contribution in [2.24, 2.45) is 5.73 Å². The topological polar surface area (TPSA) is 68.7 Å². The molecule has 2 aromatic rings. The van der Waals surface area contributed by atoms with Gasteiger partial charge in [-0.1, -0.05) is 30.3 Å². The van der Waals surface area contributed by atoms with Crippen LogP contribution in [0.2, 0.25) is 0 Å². The maximum atomic E-state index is 10.6. The molecule has 5 heteroatoms. The average Bonchev–Trinajstić information content (AvgIpc) is 2.97. The van der Waals surface area contributed by atoms with Crippen LogP contribution in [0.5, 0.6) is 0 Å². The third-order valence-electron chi connectivity index (χ3n) is 3.07. The number of nitrogens with zero attached hydrogens (tertiary/aromatic N) is 1. The van der Waals surface area contributed by atoms with E-state index < -0.39 is 6.09 Å². The first-order valence-corrected chi connectivity index (χ1v) is 6.95. The molecular weight excluding hydrogens is 268 g/mol. The molecule has 0 aliphatic rings. The van der Waals surface area contributed by atoms with Gasteiger partial charge in [-0.25, -0.2) is 4.79 Å². The fourth-order valence-corrected chi connectivity index (χ4v) is 2.14. The molecule has 0 aliphatic carbocycles. The van der Waals surface area contributed by atoms with Gasteiger partial charge in [0, 0.05) is 13.1 Å². The molecular formula is C16H20N2O3. The Morgan fingerprint density at radius 2 is 1.95 bits per heavy atom. The van der Waals surface area contributed by atoms with E-state index in [4.69, 9.17) is 14.9 Å². The van der Waals surface area contributed by atoms with Gasteiger partial charge in [0.25, 0.3) is 0 Å². The van der Waals surface area contributed by atoms with E-state index in [0.717, 1.165) is 31.8 Å². The lowest BCUT2D eigenvalue weighted by atomic mass is 10.2. The summed E-state index contributed by atoms with van der Waals surface area (Å²) in [5, 5.41) is 0. The minimum absolute atomic E-state index is 0.332. The summed E-state index contributed by atoms with van der Waals surface area (Å²) in [5.74, 6) is 0.918. The molecule has 0 atom stereocenters. The van der Waals surface area contributed by atoms with Crippen LogP contribution in [0.25, 0.3) is 0 Å². The second-order valence-corrected chi connectivity index (χ2v) is 4.80. The number of hydrogen-bond acceptors (Lipinski definition) is 4. The number of amides is 1. The molecule has 0 bridgehead atoms. The summed E-state index contributed by atoms with van der Waals surface area (Å²) in [6.07, 6.45) is 1.68. The van der Waals surface area contributed by atoms with E-state index in [0.29, 0.717) is 6.61 Å². The number of ether oxygens (including phenoxy) is 1. The highest BCUT2D eigenvalue weighted by Gasteiger charge is 2.09. The number of furan rings is 1. The predicted octanol–water partition coefficient (Wildman–Crippen LogP) is 2.77. The van der Waals surface area contributed by atoms with Crippen LogP contribution in [-0.2, 0) is 17.8 Å². The van der Waals surface area contributed by atoms with E-state index in [1.165, 1.54) is 5.56 Å². The largest absolute Gasteiger partial charge is 0.468 e. The van der Waals surface area contributed by atoms with Crippen molar-refractivity contribution in [1.82, 2.24) is 4.90 Å². The van der Waals surface area contributed by atoms with Crippen LogP contribution < -0.4 is 5.73 Å². The Balaban J connectivity index is 1.88. The van der Waals surface area contributed by atoms with Gasteiger partial charge in [-0.3, -0.25) is 4.90 Å². The zero-order valence-electron chi connectivity index (χ0n) is 11.9. The maximum absolute atomic E-state index is 10.6. The van der Waals surface area contributed by atoms with Crippen LogP contribution in [0.15, 0.2) is 53.1 Å². The smallest absolute Gasteiger partial charge is 0.404 e. The van der Waals surface area contributed by atoms with Gasteiger partial charge >= 0.3 is 6.09 Å². The van der Waals surface area contributed by atoms with Crippen molar-refractivity contribution >= 4 is 6.09 Å². The second-order valence-electron chi connectivity index (χ2n) is 4.80. The summed E-state index contributed by atoms with van der Waals surface area (Å²) in [5.41, 5.74) is 6.19. The molecule has 0 unspecified atom stereocenters. The summed E-state index contributed by atoms with van der Waals surface area (Å²) in [7, 11) is 0. The van der Waals surface area contributed by atoms with Crippen LogP contribution in [0, 0.1) is 0 Å². The van der Waals surface area contributed by atoms with Gasteiger partial charge in [-0.2, -0.15) is 0 Å². The van der Waals surface area contributed by atoms with Gasteiger partial charge in [0.2, 0.25) is 0 Å². The SMILES string of the molecule is NC(=O)OCCCN(Cc1ccccc1)Cc1ccco1. The average molecular weight is 288 g/mol. The second kappa shape index (κ2) is 8.11. The van der Waals surface area contributed by atoms with Gasteiger partial charge in [0.1, 0.15) is 5.76 Å². The van der Waals surface area contributed by atoms with Crippen molar-refractivity contribution in [3.05, 3.63) is 60.1 Å². The molecule has 1 aromatic carbocycles. The van der Waals surface area contributed by atoms with Gasteiger partial charge in [-0.15, -0.1) is 0 Å². The fourth-order valence-electron chi connectivity index (χ4n) is 2.14. The molecule has 0 radical (unpaired) electrons. The minimum Gasteiger partial charge on any atom is -0.468 e. The Morgan fingerprint density at radius 1 is 1.14 bits per heavy atom. The van der Waals surface area contributed by atoms with Crippen molar-refractivity contribution in [2.75, 3.05) is 13.2 Å². The molecule has 1 amide bonds. The van der Waals surface area contributed by atoms with E-state index in [9.17, 15) is 4.79 Å². The fraction of sp³-hybridized carbons (Fsp3) is 0.312. The zero-order chi connectivity index (χ0) is 14.9. The molecule has 21 heavy (non-hydrogen) atoms. The first-order valence-electron chi connectivity index (χ1n) is 6.95. The molecule has 0 saturated carbocycles. The van der Waals surface area contributed by atoms with E-state index in [1.54, 1.807) is 6.26 Å². The Labute approximate surface area is 124 Å². The van der Waals surface area contributed by atoms with Crippen molar-refractivity contribution in [2.45, 2.75) is 19.5 Å². The van der Waals surface area contributed by atoms with Gasteiger partial charge in [0.05, 0.1) is 19.4 Å². The number of carbonyl (C=O) groups excluding carboxylic acids is 1. The van der Waals surface area contributed by atoms with Crippen LogP contribution in [0.4, 0.5) is 4.79 Å². The maximum Gasteiger partial charge on any atom is 0.404 e. The molecule has 2 rings (SSSR count). The first kappa shape index (κ1) is 15.1. The minimum atomic E-state index is -0.726. The van der Waals surface area contributed by atoms with Crippen LogP contribution in [0.3, 0.4) is 0 Å². The molecule has 112 valence electrons. The highest BCUT2D eigenvalue weighted by molar-refractivity contribution is 5.64. The van der Waals surface area contributed by atoms with Crippen LogP contribution in [0.1, 0.15) is 17.7 Å². The third-order valence-corrected chi connectivity index (χ3v) is 3.07. The summed E-state index contributed by atoms with van der Waals surface area (Å²) >= 11 is 0. The lowest BCUT2D eigenvalue weighted by molar-refractivity contribution is 0.144. The van der Waals surface area contributed by atoms with Gasteiger partial charge in [0.15, 0.2) is 0 Å². The summed E-state index contributed by atoms with van der Waals surface area (Å²) in [6.45, 7) is 2.66. The predicted molar refractivity (Wildman–Crippen MR) is 79.4 cm³/mol. The lowest BCUT2D eigenvalue weighted by Crippen LogP contribution is -2.25. The Hall–Kier alpha value is -2.27. The quantitative estimate of drug-likeness (QED) is 0.758. The molecule has 2 N–H and O–H groups in total. The zero-order valence-corrected chi connectivity index (χ0v) is 11.9. The lowest BCUT2D eigenvalue weighted by Gasteiger charge is -2.21. The Morgan fingerprint density at radius 3 is 2.62 bits per heavy atom. The third kappa shape index (κ3) is 5.71. The summed E-state index contributed by atoms with van der Waals surface area (Å²) < 4.78 is 10.2. The Kier molecular flexibility index (Phi) is 5.84. The number of rotatable bonds is 8. The van der Waals surface area contributed by atoms with Gasteiger partial charge < -0.3 is 14.9 Å². The Bertz CT molecular complexity index is 526. The van der Waals surface area contributed by atoms with Crippen molar-refractivity contribution in [1.29, 1.82) is 0 Å². The standard InChI is InChI=1S/C16H20N2O3/c17-16(19)21-11-5-9-18(13-15-8-4-10-20-15)12-14-6-2-1-3-7-14/h1-4,6-8,10H,5,9,11-13H2,(H2,17,19). The molecule has 1 aromatic heterocycles. The van der Waals surface area contributed by atoms with E-state index >= 15 is 0 Å².